The number of benzene rings is 1. The molecule has 2 unspecified atom stereocenters. The molecular weight excluding hydrogens is 266 g/mol. The fraction of sp³-hybridized carbons (Fsp3) is 0.647. The highest BCUT2D eigenvalue weighted by Crippen LogP contribution is 2.28. The van der Waals surface area contributed by atoms with Crippen LogP contribution in [0.25, 0.3) is 0 Å². The van der Waals surface area contributed by atoms with Crippen LogP contribution < -0.4 is 4.74 Å². The highest BCUT2D eigenvalue weighted by atomic mass is 16.5. The van der Waals surface area contributed by atoms with Crippen molar-refractivity contribution in [3.8, 4) is 5.75 Å². The summed E-state index contributed by atoms with van der Waals surface area (Å²) in [7, 11) is 0. The average molecular weight is 293 g/mol. The van der Waals surface area contributed by atoms with Gasteiger partial charge in [0, 0.05) is 25.1 Å². The minimum Gasteiger partial charge on any atom is -0.491 e. The number of piperidine rings is 1. The Labute approximate surface area is 127 Å². The first-order valence-corrected chi connectivity index (χ1v) is 7.72. The lowest BCUT2D eigenvalue weighted by Crippen LogP contribution is -2.47. The van der Waals surface area contributed by atoms with E-state index in [0.29, 0.717) is 13.2 Å². The van der Waals surface area contributed by atoms with E-state index in [-0.39, 0.29) is 12.0 Å². The molecule has 1 aliphatic rings. The number of ether oxygens (including phenoxy) is 1. The van der Waals surface area contributed by atoms with Crippen LogP contribution in [0.15, 0.2) is 24.3 Å². The first-order chi connectivity index (χ1) is 10.0. The van der Waals surface area contributed by atoms with E-state index >= 15 is 0 Å². The van der Waals surface area contributed by atoms with Gasteiger partial charge in [-0.3, -0.25) is 0 Å². The number of β-amino-alcohol motifs (C(OH)–C–C–N with tert-alkyl or cyclic N) is 1. The monoisotopic (exact) mass is 293 g/mol. The Morgan fingerprint density at radius 1 is 1.38 bits per heavy atom. The molecule has 0 bridgehead atoms. The number of aryl methyl sites for hydroxylation is 1. The van der Waals surface area contributed by atoms with Gasteiger partial charge in [0.15, 0.2) is 0 Å². The Morgan fingerprint density at radius 3 is 2.86 bits per heavy atom. The average Bonchev–Trinajstić information content (AvgIpc) is 2.46. The van der Waals surface area contributed by atoms with Crippen molar-refractivity contribution in [1.29, 1.82) is 0 Å². The smallest absolute Gasteiger partial charge is 0.122 e. The van der Waals surface area contributed by atoms with E-state index in [1.165, 1.54) is 0 Å². The molecule has 0 aliphatic carbocycles. The number of aliphatic hydroxyl groups is 2. The van der Waals surface area contributed by atoms with E-state index in [0.717, 1.165) is 37.2 Å². The van der Waals surface area contributed by atoms with Crippen molar-refractivity contribution >= 4 is 0 Å². The van der Waals surface area contributed by atoms with Crippen molar-refractivity contribution in [3.63, 3.8) is 0 Å². The molecule has 4 nitrogen and oxygen atoms in total. The summed E-state index contributed by atoms with van der Waals surface area (Å²) in [6, 6.07) is 7.83. The van der Waals surface area contributed by atoms with Crippen molar-refractivity contribution in [1.82, 2.24) is 4.90 Å². The van der Waals surface area contributed by atoms with Gasteiger partial charge >= 0.3 is 0 Å². The van der Waals surface area contributed by atoms with Crippen molar-refractivity contribution in [2.24, 2.45) is 5.41 Å². The molecule has 118 valence electrons. The summed E-state index contributed by atoms with van der Waals surface area (Å²) < 4.78 is 5.69. The van der Waals surface area contributed by atoms with Crippen molar-refractivity contribution in [3.05, 3.63) is 29.8 Å². The zero-order chi connectivity index (χ0) is 15.3. The van der Waals surface area contributed by atoms with Crippen molar-refractivity contribution < 1.29 is 14.9 Å². The molecule has 1 fully saturated rings. The Bertz CT molecular complexity index is 451. The maximum absolute atomic E-state index is 10.2. The second-order valence-electron chi connectivity index (χ2n) is 6.54. The van der Waals surface area contributed by atoms with Gasteiger partial charge in [0.1, 0.15) is 18.5 Å². The van der Waals surface area contributed by atoms with Crippen molar-refractivity contribution in [2.75, 3.05) is 32.8 Å². The molecule has 1 aromatic rings. The molecule has 2 atom stereocenters. The Morgan fingerprint density at radius 2 is 2.14 bits per heavy atom. The van der Waals surface area contributed by atoms with Crippen LogP contribution in [-0.4, -0.2) is 54.1 Å². The van der Waals surface area contributed by atoms with Crippen LogP contribution in [0, 0.1) is 12.3 Å². The van der Waals surface area contributed by atoms with Gasteiger partial charge in [-0.2, -0.15) is 0 Å². The number of hydrogen-bond acceptors (Lipinski definition) is 4. The minimum absolute atomic E-state index is 0.0329. The Hall–Kier alpha value is -1.10. The molecule has 0 aromatic heterocycles. The lowest BCUT2D eigenvalue weighted by molar-refractivity contribution is 0.00999. The number of rotatable bonds is 6. The molecule has 0 radical (unpaired) electrons. The number of aliphatic hydroxyl groups excluding tert-OH is 2. The Kier molecular flexibility index (Phi) is 5.62. The summed E-state index contributed by atoms with van der Waals surface area (Å²) in [5.74, 6) is 0.829. The standard InChI is InChI=1S/C17H27NO3/c1-14-6-3-4-7-16(14)21-11-15(20)10-18-9-5-8-17(2,12-18)13-19/h3-4,6-7,15,19-20H,5,8-13H2,1-2H3. The van der Waals surface area contributed by atoms with Gasteiger partial charge < -0.3 is 19.8 Å². The number of hydrogen-bond donors (Lipinski definition) is 2. The maximum atomic E-state index is 10.2. The summed E-state index contributed by atoms with van der Waals surface area (Å²) in [5.41, 5.74) is 1.05. The van der Waals surface area contributed by atoms with E-state index < -0.39 is 6.10 Å². The third kappa shape index (κ3) is 4.70. The van der Waals surface area contributed by atoms with Crippen LogP contribution >= 0.6 is 0 Å². The second kappa shape index (κ2) is 7.25. The summed E-state index contributed by atoms with van der Waals surface area (Å²) in [5, 5.41) is 19.6. The summed E-state index contributed by atoms with van der Waals surface area (Å²) in [4.78, 5) is 2.23. The summed E-state index contributed by atoms with van der Waals surface area (Å²) in [6.45, 7) is 7.04. The molecule has 1 aliphatic heterocycles. The quantitative estimate of drug-likeness (QED) is 0.840. The highest BCUT2D eigenvalue weighted by Gasteiger charge is 2.31. The third-order valence-electron chi connectivity index (χ3n) is 4.24. The predicted octanol–water partition coefficient (Wildman–Crippen LogP) is 1.83. The van der Waals surface area contributed by atoms with Crippen LogP contribution in [0.2, 0.25) is 0 Å². The second-order valence-corrected chi connectivity index (χ2v) is 6.54. The summed E-state index contributed by atoms with van der Waals surface area (Å²) >= 11 is 0. The summed E-state index contributed by atoms with van der Waals surface area (Å²) in [6.07, 6.45) is 1.61. The van der Waals surface area contributed by atoms with Gasteiger partial charge in [-0.1, -0.05) is 25.1 Å². The largest absolute Gasteiger partial charge is 0.491 e. The van der Waals surface area contributed by atoms with E-state index in [2.05, 4.69) is 11.8 Å². The molecule has 0 amide bonds. The molecule has 0 spiro atoms. The topological polar surface area (TPSA) is 52.9 Å². The van der Waals surface area contributed by atoms with E-state index in [1.54, 1.807) is 0 Å². The van der Waals surface area contributed by atoms with Crippen LogP contribution in [0.1, 0.15) is 25.3 Å². The molecule has 4 heteroatoms. The molecule has 0 saturated carbocycles. The van der Waals surface area contributed by atoms with Crippen molar-refractivity contribution in [2.45, 2.75) is 32.8 Å². The van der Waals surface area contributed by atoms with Crippen LogP contribution in [0.4, 0.5) is 0 Å². The normalized spacial score (nSPS) is 24.8. The van der Waals surface area contributed by atoms with E-state index in [9.17, 15) is 10.2 Å². The Balaban J connectivity index is 1.79. The number of likely N-dealkylation sites (tertiary alicyclic amines) is 1. The molecule has 1 heterocycles. The number of nitrogens with zero attached hydrogens (tertiary/aromatic N) is 1. The zero-order valence-corrected chi connectivity index (χ0v) is 13.1. The number of para-hydroxylation sites is 1. The van der Waals surface area contributed by atoms with Gasteiger partial charge in [-0.05, 0) is 37.9 Å². The van der Waals surface area contributed by atoms with Gasteiger partial charge in [-0.25, -0.2) is 0 Å². The maximum Gasteiger partial charge on any atom is 0.122 e. The van der Waals surface area contributed by atoms with Gasteiger partial charge in [-0.15, -0.1) is 0 Å². The third-order valence-corrected chi connectivity index (χ3v) is 4.24. The minimum atomic E-state index is -0.509. The SMILES string of the molecule is Cc1ccccc1OCC(O)CN1CCCC(C)(CO)C1. The van der Waals surface area contributed by atoms with Gasteiger partial charge in [0.2, 0.25) is 0 Å². The first kappa shape index (κ1) is 16.3. The lowest BCUT2D eigenvalue weighted by Gasteiger charge is -2.40. The molecule has 21 heavy (non-hydrogen) atoms. The predicted molar refractivity (Wildman–Crippen MR) is 83.5 cm³/mol. The van der Waals surface area contributed by atoms with Crippen LogP contribution in [0.5, 0.6) is 5.75 Å². The molecule has 1 aromatic carbocycles. The fourth-order valence-electron chi connectivity index (χ4n) is 2.97. The first-order valence-electron chi connectivity index (χ1n) is 7.72. The van der Waals surface area contributed by atoms with E-state index in [4.69, 9.17) is 4.74 Å². The van der Waals surface area contributed by atoms with Gasteiger partial charge in [0.25, 0.3) is 0 Å². The fourth-order valence-corrected chi connectivity index (χ4v) is 2.97. The van der Waals surface area contributed by atoms with Crippen LogP contribution in [-0.2, 0) is 0 Å². The van der Waals surface area contributed by atoms with Crippen LogP contribution in [0.3, 0.4) is 0 Å². The molecule has 2 rings (SSSR count). The molecular formula is C17H27NO3. The molecule has 2 N–H and O–H groups in total. The van der Waals surface area contributed by atoms with E-state index in [1.807, 2.05) is 31.2 Å². The lowest BCUT2D eigenvalue weighted by atomic mass is 9.83. The molecule has 1 saturated heterocycles. The zero-order valence-electron chi connectivity index (χ0n) is 13.1. The van der Waals surface area contributed by atoms with Gasteiger partial charge in [0.05, 0.1) is 0 Å². The highest BCUT2D eigenvalue weighted by molar-refractivity contribution is 5.31.